The fraction of sp³-hybridized carbons (Fsp3) is 0.462. The molecule has 4 nitrogen and oxygen atoms in total. The maximum absolute atomic E-state index is 13.2. The number of benzene rings is 1. The summed E-state index contributed by atoms with van der Waals surface area (Å²) in [5.41, 5.74) is -0.586. The van der Waals surface area contributed by atoms with Gasteiger partial charge in [-0.3, -0.25) is 4.90 Å². The second kappa shape index (κ2) is 5.56. The van der Waals surface area contributed by atoms with Crippen LogP contribution in [0.15, 0.2) is 22.7 Å². The summed E-state index contributed by atoms with van der Waals surface area (Å²) in [6.07, 6.45) is 0. The van der Waals surface area contributed by atoms with Crippen molar-refractivity contribution in [3.8, 4) is 0 Å². The number of rotatable bonds is 3. The number of carboxylic acid groups (broad SMARTS) is 1. The third-order valence-corrected chi connectivity index (χ3v) is 4.28. The number of nitrogens with one attached hydrogen (secondary N) is 1. The van der Waals surface area contributed by atoms with Crippen LogP contribution in [0.3, 0.4) is 0 Å². The first kappa shape index (κ1) is 14.4. The van der Waals surface area contributed by atoms with Crippen LogP contribution >= 0.6 is 15.9 Å². The highest BCUT2D eigenvalue weighted by atomic mass is 79.9. The van der Waals surface area contributed by atoms with Crippen molar-refractivity contribution in [2.75, 3.05) is 26.2 Å². The monoisotopic (exact) mass is 330 g/mol. The average Bonchev–Trinajstić information content (AvgIpc) is 2.38. The van der Waals surface area contributed by atoms with Crippen LogP contribution in [0.1, 0.15) is 12.5 Å². The molecule has 0 spiro atoms. The topological polar surface area (TPSA) is 52.6 Å². The van der Waals surface area contributed by atoms with E-state index in [0.717, 1.165) is 13.1 Å². The van der Waals surface area contributed by atoms with Gasteiger partial charge in [-0.25, -0.2) is 9.18 Å². The van der Waals surface area contributed by atoms with Gasteiger partial charge in [-0.2, -0.15) is 0 Å². The van der Waals surface area contributed by atoms with Crippen molar-refractivity contribution in [1.29, 1.82) is 0 Å². The van der Waals surface area contributed by atoms with Crippen LogP contribution < -0.4 is 5.32 Å². The normalized spacial score (nSPS) is 19.9. The first-order valence-electron chi connectivity index (χ1n) is 6.11. The van der Waals surface area contributed by atoms with Crippen molar-refractivity contribution in [2.45, 2.75) is 12.5 Å². The Hall–Kier alpha value is -0.980. The van der Waals surface area contributed by atoms with E-state index < -0.39 is 11.5 Å². The minimum absolute atomic E-state index is 0.385. The minimum atomic E-state index is -1.16. The smallest absolute Gasteiger partial charge is 0.328 e. The Balaban J connectivity index is 2.46. The second-order valence-electron chi connectivity index (χ2n) is 4.74. The van der Waals surface area contributed by atoms with E-state index in [1.165, 1.54) is 18.2 Å². The first-order chi connectivity index (χ1) is 8.96. The summed E-state index contributed by atoms with van der Waals surface area (Å²) in [5.74, 6) is -1.31. The number of nitrogens with zero attached hydrogens (tertiary/aromatic N) is 1. The molecular formula is C13H16BrFN2O2. The summed E-state index contributed by atoms with van der Waals surface area (Å²) < 4.78 is 13.7. The average molecular weight is 331 g/mol. The number of piperazine rings is 1. The van der Waals surface area contributed by atoms with Gasteiger partial charge in [-0.1, -0.05) is 22.0 Å². The standard InChI is InChI=1S/C13H16BrFN2O2/c1-13(12(18)19,17-6-4-16-5-7-17)10-3-2-9(15)8-11(10)14/h2-3,8,16H,4-7H2,1H3,(H,18,19). The first-order valence-corrected chi connectivity index (χ1v) is 6.90. The van der Waals surface area contributed by atoms with Crippen LogP contribution in [0.25, 0.3) is 0 Å². The molecule has 1 aliphatic heterocycles. The van der Waals surface area contributed by atoms with E-state index in [1.807, 2.05) is 4.90 Å². The molecule has 0 bridgehead atoms. The SMILES string of the molecule is CC(C(=O)O)(c1ccc(F)cc1Br)N1CCNCC1. The van der Waals surface area contributed by atoms with Gasteiger partial charge < -0.3 is 10.4 Å². The second-order valence-corrected chi connectivity index (χ2v) is 5.59. The van der Waals surface area contributed by atoms with Gasteiger partial charge in [0.15, 0.2) is 0 Å². The Morgan fingerprint density at radius 2 is 2.11 bits per heavy atom. The van der Waals surface area contributed by atoms with Crippen molar-refractivity contribution in [3.63, 3.8) is 0 Å². The van der Waals surface area contributed by atoms with Crippen LogP contribution in [0.4, 0.5) is 4.39 Å². The predicted octanol–water partition coefficient (Wildman–Crippen LogP) is 1.79. The van der Waals surface area contributed by atoms with Gasteiger partial charge in [0.1, 0.15) is 11.4 Å². The quantitative estimate of drug-likeness (QED) is 0.887. The number of aliphatic carboxylic acids is 1. The molecule has 0 amide bonds. The lowest BCUT2D eigenvalue weighted by Crippen LogP contribution is -2.56. The maximum atomic E-state index is 13.2. The molecule has 19 heavy (non-hydrogen) atoms. The molecule has 104 valence electrons. The zero-order valence-electron chi connectivity index (χ0n) is 10.6. The fourth-order valence-corrected chi connectivity index (χ4v) is 3.15. The maximum Gasteiger partial charge on any atom is 0.328 e. The zero-order chi connectivity index (χ0) is 14.0. The van der Waals surface area contributed by atoms with E-state index in [4.69, 9.17) is 0 Å². The molecule has 1 aromatic carbocycles. The van der Waals surface area contributed by atoms with E-state index in [2.05, 4.69) is 21.2 Å². The lowest BCUT2D eigenvalue weighted by atomic mass is 9.89. The van der Waals surface area contributed by atoms with Gasteiger partial charge in [0, 0.05) is 30.7 Å². The largest absolute Gasteiger partial charge is 0.480 e. The summed E-state index contributed by atoms with van der Waals surface area (Å²) in [4.78, 5) is 13.7. The van der Waals surface area contributed by atoms with Gasteiger partial charge in [0.05, 0.1) is 0 Å². The summed E-state index contributed by atoms with van der Waals surface area (Å²) in [6, 6.07) is 4.14. The van der Waals surface area contributed by atoms with Crippen molar-refractivity contribution >= 4 is 21.9 Å². The molecule has 1 aromatic rings. The van der Waals surface area contributed by atoms with E-state index in [9.17, 15) is 14.3 Å². The van der Waals surface area contributed by atoms with E-state index in [-0.39, 0.29) is 5.82 Å². The highest BCUT2D eigenvalue weighted by Gasteiger charge is 2.43. The molecule has 1 fully saturated rings. The van der Waals surface area contributed by atoms with E-state index in [1.54, 1.807) is 6.92 Å². The number of hydrogen-bond donors (Lipinski definition) is 2. The number of carbonyl (C=O) groups is 1. The summed E-state index contributed by atoms with van der Waals surface area (Å²) in [7, 11) is 0. The van der Waals surface area contributed by atoms with Crippen LogP contribution in [-0.2, 0) is 10.3 Å². The van der Waals surface area contributed by atoms with Crippen LogP contribution in [-0.4, -0.2) is 42.2 Å². The Morgan fingerprint density at radius 3 is 2.63 bits per heavy atom. The molecule has 1 unspecified atom stereocenters. The lowest BCUT2D eigenvalue weighted by Gasteiger charge is -2.41. The lowest BCUT2D eigenvalue weighted by molar-refractivity contribution is -0.152. The molecule has 1 heterocycles. The number of carboxylic acids is 1. The van der Waals surface area contributed by atoms with Crippen LogP contribution in [0.2, 0.25) is 0 Å². The fourth-order valence-electron chi connectivity index (χ4n) is 2.42. The third-order valence-electron chi connectivity index (χ3n) is 3.62. The van der Waals surface area contributed by atoms with Crippen molar-refractivity contribution < 1.29 is 14.3 Å². The van der Waals surface area contributed by atoms with Crippen molar-refractivity contribution in [2.24, 2.45) is 0 Å². The molecule has 0 aromatic heterocycles. The van der Waals surface area contributed by atoms with E-state index in [0.29, 0.717) is 23.1 Å². The van der Waals surface area contributed by atoms with Gasteiger partial charge >= 0.3 is 5.97 Å². The Morgan fingerprint density at radius 1 is 1.47 bits per heavy atom. The molecule has 2 N–H and O–H groups in total. The molecule has 1 aliphatic rings. The number of halogens is 2. The van der Waals surface area contributed by atoms with Crippen molar-refractivity contribution in [1.82, 2.24) is 10.2 Å². The highest BCUT2D eigenvalue weighted by molar-refractivity contribution is 9.10. The molecule has 0 radical (unpaired) electrons. The minimum Gasteiger partial charge on any atom is -0.480 e. The van der Waals surface area contributed by atoms with Crippen LogP contribution in [0, 0.1) is 5.82 Å². The molecule has 6 heteroatoms. The summed E-state index contributed by atoms with van der Waals surface area (Å²) in [5, 5.41) is 12.8. The third kappa shape index (κ3) is 2.66. The molecular weight excluding hydrogens is 315 g/mol. The number of hydrogen-bond acceptors (Lipinski definition) is 3. The molecule has 0 aliphatic carbocycles. The van der Waals surface area contributed by atoms with Crippen LogP contribution in [0.5, 0.6) is 0 Å². The Kier molecular flexibility index (Phi) is 4.23. The van der Waals surface area contributed by atoms with Gasteiger partial charge in [0.2, 0.25) is 0 Å². The molecule has 1 saturated heterocycles. The highest BCUT2D eigenvalue weighted by Crippen LogP contribution is 2.34. The van der Waals surface area contributed by atoms with E-state index >= 15 is 0 Å². The van der Waals surface area contributed by atoms with Gasteiger partial charge in [-0.15, -0.1) is 0 Å². The summed E-state index contributed by atoms with van der Waals surface area (Å²) >= 11 is 3.27. The summed E-state index contributed by atoms with van der Waals surface area (Å²) in [6.45, 7) is 4.46. The Bertz CT molecular complexity index is 492. The Labute approximate surface area is 119 Å². The predicted molar refractivity (Wildman–Crippen MR) is 73.5 cm³/mol. The molecule has 2 rings (SSSR count). The van der Waals surface area contributed by atoms with Gasteiger partial charge in [0.25, 0.3) is 0 Å². The molecule has 0 saturated carbocycles. The van der Waals surface area contributed by atoms with Crippen molar-refractivity contribution in [3.05, 3.63) is 34.1 Å². The molecule has 1 atom stereocenters. The van der Waals surface area contributed by atoms with Gasteiger partial charge in [-0.05, 0) is 24.6 Å². The zero-order valence-corrected chi connectivity index (χ0v) is 12.2.